The number of rotatable bonds is 13. The molecule has 0 aliphatic rings. The zero-order valence-corrected chi connectivity index (χ0v) is 28.1. The fraction of sp³-hybridized carbons (Fsp3) is 0.212. The number of amides is 2. The molecule has 1 N–H and O–H groups in total. The number of hydrogen-bond acceptors (Lipinski definition) is 4. The van der Waals surface area contributed by atoms with E-state index >= 15 is 0 Å². The van der Waals surface area contributed by atoms with Crippen molar-refractivity contribution in [3.05, 3.63) is 128 Å². The predicted octanol–water partition coefficient (Wildman–Crippen LogP) is 7.66. The predicted molar refractivity (Wildman–Crippen MR) is 182 cm³/mol. The summed E-state index contributed by atoms with van der Waals surface area (Å²) in [6.07, 6.45) is 0.872. The van der Waals surface area contributed by atoms with E-state index in [0.29, 0.717) is 28.6 Å². The molecule has 0 fully saturated rings. The molecule has 0 saturated heterocycles. The molecule has 1 unspecified atom stereocenters. The van der Waals surface area contributed by atoms with Crippen LogP contribution >= 0.6 is 46.4 Å². The van der Waals surface area contributed by atoms with Gasteiger partial charge in [0, 0.05) is 29.6 Å². The fourth-order valence-electron chi connectivity index (χ4n) is 4.65. The van der Waals surface area contributed by atoms with Gasteiger partial charge in [0.1, 0.15) is 12.6 Å². The Morgan fingerprint density at radius 1 is 0.778 bits per heavy atom. The minimum atomic E-state index is -4.29. The Morgan fingerprint density at radius 2 is 1.49 bits per heavy atom. The van der Waals surface area contributed by atoms with Gasteiger partial charge in [-0.1, -0.05) is 95.8 Å². The molecule has 7 nitrogen and oxygen atoms in total. The summed E-state index contributed by atoms with van der Waals surface area (Å²) in [5.74, 6) is -0.991. The number of sulfonamides is 1. The quantitative estimate of drug-likeness (QED) is 0.155. The molecule has 12 heteroatoms. The first-order valence-electron chi connectivity index (χ1n) is 14.1. The molecule has 0 aliphatic heterocycles. The highest BCUT2D eigenvalue weighted by molar-refractivity contribution is 7.92. The van der Waals surface area contributed by atoms with E-state index < -0.39 is 28.5 Å². The smallest absolute Gasteiger partial charge is 0.264 e. The summed E-state index contributed by atoms with van der Waals surface area (Å²) in [4.78, 5) is 29.4. The Morgan fingerprint density at radius 3 is 2.13 bits per heavy atom. The van der Waals surface area contributed by atoms with Gasteiger partial charge in [0.2, 0.25) is 11.8 Å². The number of carbonyl (C=O) groups is 2. The van der Waals surface area contributed by atoms with Crippen molar-refractivity contribution in [1.82, 2.24) is 10.2 Å². The van der Waals surface area contributed by atoms with Crippen LogP contribution in [0.15, 0.2) is 102 Å². The molecule has 4 rings (SSSR count). The van der Waals surface area contributed by atoms with Crippen molar-refractivity contribution in [2.24, 2.45) is 0 Å². The van der Waals surface area contributed by atoms with Crippen LogP contribution in [0.1, 0.15) is 24.5 Å². The number of benzene rings is 4. The van der Waals surface area contributed by atoms with E-state index in [1.807, 2.05) is 37.3 Å². The molecule has 1 atom stereocenters. The fourth-order valence-corrected chi connectivity index (χ4v) is 6.69. The van der Waals surface area contributed by atoms with Crippen LogP contribution in [0.4, 0.5) is 5.69 Å². The monoisotopic (exact) mass is 705 g/mol. The van der Waals surface area contributed by atoms with Gasteiger partial charge in [-0.25, -0.2) is 8.42 Å². The van der Waals surface area contributed by atoms with E-state index in [0.717, 1.165) is 9.87 Å². The Bertz CT molecular complexity index is 1740. The molecule has 0 saturated carbocycles. The summed E-state index contributed by atoms with van der Waals surface area (Å²) in [6.45, 7) is 1.66. The topological polar surface area (TPSA) is 86.8 Å². The second-order valence-corrected chi connectivity index (χ2v) is 13.8. The number of carbonyl (C=O) groups excluding carboxylic acids is 2. The highest BCUT2D eigenvalue weighted by atomic mass is 35.5. The Hall–Kier alpha value is -3.27. The van der Waals surface area contributed by atoms with Crippen LogP contribution in [0.25, 0.3) is 0 Å². The maximum Gasteiger partial charge on any atom is 0.264 e. The third-order valence-corrected chi connectivity index (χ3v) is 9.95. The normalized spacial score (nSPS) is 11.9. The lowest BCUT2D eigenvalue weighted by molar-refractivity contribution is -0.140. The number of nitrogens with one attached hydrogen (secondary N) is 1. The van der Waals surface area contributed by atoms with E-state index in [4.69, 9.17) is 46.4 Å². The molecule has 2 amide bonds. The molecule has 4 aromatic rings. The molecule has 0 aromatic heterocycles. The van der Waals surface area contributed by atoms with Crippen molar-refractivity contribution < 1.29 is 18.0 Å². The SMILES string of the molecule is CCCNC(=O)C(Cc1ccccc1)N(Cc1ccc(Cl)c(Cl)c1)C(=O)CN(c1cccc(Cl)c1)S(=O)(=O)c1ccc(Cl)cc1. The first-order chi connectivity index (χ1) is 21.5. The summed E-state index contributed by atoms with van der Waals surface area (Å²) in [5, 5.41) is 4.16. The summed E-state index contributed by atoms with van der Waals surface area (Å²) >= 11 is 24.8. The van der Waals surface area contributed by atoms with E-state index in [9.17, 15) is 18.0 Å². The third-order valence-electron chi connectivity index (χ3n) is 6.93. The van der Waals surface area contributed by atoms with E-state index in [1.165, 1.54) is 35.2 Å². The van der Waals surface area contributed by atoms with Gasteiger partial charge in [-0.2, -0.15) is 0 Å². The molecule has 0 aliphatic carbocycles. The first-order valence-corrected chi connectivity index (χ1v) is 17.0. The van der Waals surface area contributed by atoms with Gasteiger partial charge in [0.25, 0.3) is 10.0 Å². The molecular formula is C33H31Cl4N3O4S. The minimum Gasteiger partial charge on any atom is -0.354 e. The highest BCUT2D eigenvalue weighted by Gasteiger charge is 2.34. The van der Waals surface area contributed by atoms with Crippen LogP contribution in [-0.4, -0.2) is 44.3 Å². The summed E-state index contributed by atoms with van der Waals surface area (Å²) in [7, 11) is -4.29. The van der Waals surface area contributed by atoms with Crippen LogP contribution in [0.3, 0.4) is 0 Å². The van der Waals surface area contributed by atoms with Gasteiger partial charge in [-0.05, 0) is 72.1 Å². The molecule has 45 heavy (non-hydrogen) atoms. The standard InChI is InChI=1S/C33H31Cl4N3O4S/c1-2-17-38-33(42)31(19-23-7-4-3-5-8-23)39(21-24-11-16-29(36)30(37)18-24)32(41)22-40(27-10-6-9-26(35)20-27)45(43,44)28-14-12-25(34)13-15-28/h3-16,18,20,31H,2,17,19,21-22H2,1H3,(H,38,42). The van der Waals surface area contributed by atoms with Gasteiger partial charge >= 0.3 is 0 Å². The Labute approximate surface area is 283 Å². The average Bonchev–Trinajstić information content (AvgIpc) is 3.02. The number of nitrogens with zero attached hydrogens (tertiary/aromatic N) is 2. The van der Waals surface area contributed by atoms with Crippen LogP contribution in [-0.2, 0) is 32.6 Å². The lowest BCUT2D eigenvalue weighted by Gasteiger charge is -2.34. The minimum absolute atomic E-state index is 0.0445. The van der Waals surface area contributed by atoms with Gasteiger partial charge in [-0.3, -0.25) is 13.9 Å². The Kier molecular flexibility index (Phi) is 12.2. The van der Waals surface area contributed by atoms with Crippen molar-refractivity contribution in [2.45, 2.75) is 37.2 Å². The molecule has 236 valence electrons. The first kappa shape index (κ1) is 34.6. The van der Waals surface area contributed by atoms with E-state index in [-0.39, 0.29) is 39.5 Å². The van der Waals surface area contributed by atoms with Crippen LogP contribution < -0.4 is 9.62 Å². The van der Waals surface area contributed by atoms with Crippen molar-refractivity contribution in [2.75, 3.05) is 17.4 Å². The van der Waals surface area contributed by atoms with Crippen molar-refractivity contribution >= 4 is 73.9 Å². The summed E-state index contributed by atoms with van der Waals surface area (Å²) in [5.41, 5.74) is 1.60. The number of hydrogen-bond donors (Lipinski definition) is 1. The molecule has 0 heterocycles. The van der Waals surface area contributed by atoms with Gasteiger partial charge < -0.3 is 10.2 Å². The van der Waals surface area contributed by atoms with E-state index in [1.54, 1.807) is 36.4 Å². The molecule has 0 bridgehead atoms. The summed E-state index contributed by atoms with van der Waals surface area (Å²) in [6, 6.07) is 25.1. The van der Waals surface area contributed by atoms with Crippen molar-refractivity contribution in [1.29, 1.82) is 0 Å². The maximum atomic E-state index is 14.4. The summed E-state index contributed by atoms with van der Waals surface area (Å²) < 4.78 is 29.1. The van der Waals surface area contributed by atoms with Gasteiger partial charge in [0.15, 0.2) is 0 Å². The zero-order valence-electron chi connectivity index (χ0n) is 24.3. The number of halogens is 4. The van der Waals surface area contributed by atoms with Gasteiger partial charge in [-0.15, -0.1) is 0 Å². The van der Waals surface area contributed by atoms with Crippen LogP contribution in [0.2, 0.25) is 20.1 Å². The highest BCUT2D eigenvalue weighted by Crippen LogP contribution is 2.29. The molecular weight excluding hydrogens is 676 g/mol. The zero-order chi connectivity index (χ0) is 32.6. The number of anilines is 1. The lowest BCUT2D eigenvalue weighted by Crippen LogP contribution is -2.53. The van der Waals surface area contributed by atoms with Crippen LogP contribution in [0.5, 0.6) is 0 Å². The lowest BCUT2D eigenvalue weighted by atomic mass is 10.0. The Balaban J connectivity index is 1.81. The molecule has 0 radical (unpaired) electrons. The second kappa shape index (κ2) is 15.8. The third kappa shape index (κ3) is 9.15. The van der Waals surface area contributed by atoms with E-state index in [2.05, 4.69) is 5.32 Å². The average molecular weight is 708 g/mol. The molecule has 4 aromatic carbocycles. The second-order valence-electron chi connectivity index (χ2n) is 10.2. The van der Waals surface area contributed by atoms with Crippen molar-refractivity contribution in [3.63, 3.8) is 0 Å². The maximum absolute atomic E-state index is 14.4. The largest absolute Gasteiger partial charge is 0.354 e. The molecule has 0 spiro atoms. The van der Waals surface area contributed by atoms with Gasteiger partial charge in [0.05, 0.1) is 20.6 Å². The van der Waals surface area contributed by atoms with Crippen molar-refractivity contribution in [3.8, 4) is 0 Å². The van der Waals surface area contributed by atoms with Crippen LogP contribution in [0, 0.1) is 0 Å².